The first kappa shape index (κ1) is 130. The van der Waals surface area contributed by atoms with Crippen molar-refractivity contribution in [3.63, 3.8) is 0 Å². The van der Waals surface area contributed by atoms with Crippen LogP contribution in [-0.4, -0.2) is 0 Å². The topological polar surface area (TPSA) is 60.4 Å². The Labute approximate surface area is 878 Å². The van der Waals surface area contributed by atoms with Crippen LogP contribution in [0.15, 0.2) is 334 Å². The Kier molecular flexibility index (Phi) is 68.5. The number of benzene rings is 14. The summed E-state index contributed by atoms with van der Waals surface area (Å²) in [4.78, 5) is 24.8. The van der Waals surface area contributed by atoms with Gasteiger partial charge in [-0.1, -0.05) is 504 Å². The van der Waals surface area contributed by atoms with E-state index in [9.17, 15) is 9.59 Å². The monoisotopic (exact) mass is 1930 g/mol. The summed E-state index contributed by atoms with van der Waals surface area (Å²) in [6, 6.07) is 114. The third-order valence-corrected chi connectivity index (χ3v) is 24.0. The summed E-state index contributed by atoms with van der Waals surface area (Å²) in [5.74, 6) is 0. The minimum absolute atomic E-state index is 0.267. The lowest BCUT2D eigenvalue weighted by Gasteiger charge is -2.12. The zero-order valence-corrected chi connectivity index (χ0v) is 96.6. The molecule has 772 valence electrons. The van der Waals surface area contributed by atoms with Crippen molar-refractivity contribution in [2.75, 3.05) is 0 Å². The fraction of sp³-hybridized carbons (Fsp3) is 0.357. The quantitative estimate of drug-likeness (QED) is 0.0599. The maximum absolute atomic E-state index is 12.4. The van der Waals surface area contributed by atoms with Gasteiger partial charge in [0.2, 0.25) is 0 Å². The van der Waals surface area contributed by atoms with E-state index in [1.165, 1.54) is 156 Å². The van der Waals surface area contributed by atoms with Crippen LogP contribution in [0.5, 0.6) is 0 Å². The molecule has 0 unspecified atom stereocenters. The summed E-state index contributed by atoms with van der Waals surface area (Å²) in [6.45, 7) is 74.4. The molecule has 2 aromatic heterocycles. The van der Waals surface area contributed by atoms with Gasteiger partial charge in [-0.2, -0.15) is 0 Å². The minimum Gasteiger partial charge on any atom is -0.422 e. The molecule has 16 rings (SSSR count). The number of aryl methyl sites for hydroxylation is 14. The fourth-order valence-corrected chi connectivity index (χ4v) is 15.8. The lowest BCUT2D eigenvalue weighted by Crippen LogP contribution is -2.04. The Hall–Kier alpha value is -12.5. The van der Waals surface area contributed by atoms with E-state index in [1.807, 2.05) is 201 Å². The molecule has 16 aromatic rings. The molecule has 0 amide bonds. The molecule has 0 aliphatic carbocycles. The summed E-state index contributed by atoms with van der Waals surface area (Å²) in [5.41, 5.74) is 40.5. The second-order valence-electron chi connectivity index (χ2n) is 31.7. The number of rotatable bonds is 23. The van der Waals surface area contributed by atoms with Crippen molar-refractivity contribution < 1.29 is 8.83 Å². The van der Waals surface area contributed by atoms with Crippen LogP contribution in [0, 0.1) is 0 Å². The number of hydrogen-bond donors (Lipinski definition) is 0. The van der Waals surface area contributed by atoms with Gasteiger partial charge in [-0.15, -0.1) is 0 Å². The largest absolute Gasteiger partial charge is 0.422 e. The van der Waals surface area contributed by atoms with Crippen molar-refractivity contribution in [2.45, 2.75) is 339 Å². The van der Waals surface area contributed by atoms with Crippen molar-refractivity contribution in [3.8, 4) is 100 Å². The number of fused-ring (bicyclic) bond motifs is 2. The van der Waals surface area contributed by atoms with Crippen LogP contribution in [0.2, 0.25) is 0 Å². The maximum atomic E-state index is 12.4. The zero-order chi connectivity index (χ0) is 108. The Bertz CT molecular complexity index is 5890. The molecule has 0 aliphatic rings. The first-order chi connectivity index (χ1) is 70.5. The van der Waals surface area contributed by atoms with Crippen molar-refractivity contribution in [2.24, 2.45) is 0 Å². The van der Waals surface area contributed by atoms with Crippen LogP contribution < -0.4 is 11.3 Å². The Morgan fingerprint density at radius 3 is 0.597 bits per heavy atom. The lowest BCUT2D eigenvalue weighted by molar-refractivity contribution is 0.562. The van der Waals surface area contributed by atoms with Gasteiger partial charge in [-0.05, 0) is 317 Å². The lowest BCUT2D eigenvalue weighted by atomic mass is 9.92. The normalized spacial score (nSPS) is 9.69. The van der Waals surface area contributed by atoms with E-state index in [0.717, 1.165) is 112 Å². The molecule has 0 bridgehead atoms. The van der Waals surface area contributed by atoms with Crippen molar-refractivity contribution in [3.05, 3.63) is 414 Å². The molecule has 0 spiro atoms. The molecule has 144 heavy (non-hydrogen) atoms. The van der Waals surface area contributed by atoms with Gasteiger partial charge in [0.1, 0.15) is 11.2 Å². The van der Waals surface area contributed by atoms with E-state index >= 15 is 0 Å². The van der Waals surface area contributed by atoms with E-state index in [0.29, 0.717) is 22.3 Å². The van der Waals surface area contributed by atoms with Crippen molar-refractivity contribution in [1.82, 2.24) is 0 Å². The summed E-state index contributed by atoms with van der Waals surface area (Å²) in [7, 11) is 0. The van der Waals surface area contributed by atoms with Crippen LogP contribution in [0.25, 0.3) is 122 Å². The molecule has 0 saturated heterocycles. The minimum atomic E-state index is -0.270. The van der Waals surface area contributed by atoms with Gasteiger partial charge < -0.3 is 8.83 Å². The fourth-order valence-electron chi connectivity index (χ4n) is 15.8. The van der Waals surface area contributed by atoms with Gasteiger partial charge in [0, 0.05) is 10.8 Å². The Morgan fingerprint density at radius 2 is 0.354 bits per heavy atom. The third kappa shape index (κ3) is 39.9. The second-order valence-corrected chi connectivity index (χ2v) is 31.7. The molecule has 0 fully saturated rings. The van der Waals surface area contributed by atoms with Gasteiger partial charge in [0.25, 0.3) is 0 Å². The molecule has 4 nitrogen and oxygen atoms in total. The first-order valence-electron chi connectivity index (χ1n) is 56.0. The summed E-state index contributed by atoms with van der Waals surface area (Å²) in [6.07, 6.45) is 14.4. The van der Waals surface area contributed by atoms with Crippen molar-refractivity contribution in [1.29, 1.82) is 0 Å². The van der Waals surface area contributed by atoms with Crippen LogP contribution in [-0.2, 0) is 89.9 Å². The highest BCUT2D eigenvalue weighted by molar-refractivity contribution is 5.87. The molecule has 0 aliphatic heterocycles. The van der Waals surface area contributed by atoms with E-state index in [4.69, 9.17) is 8.83 Å². The highest BCUT2D eigenvalue weighted by Gasteiger charge is 2.16. The molecular weight excluding hydrogens is 1750 g/mol. The summed E-state index contributed by atoms with van der Waals surface area (Å²) < 4.78 is 11.2. The van der Waals surface area contributed by atoms with E-state index < -0.39 is 0 Å². The standard InChI is InChI=1S/C30H30.C24H26.C22H22.2C21H22O2.11C2H6/c1-4-22-7-13-25(14-8-22)28-19-29(26-15-9-23(5-2)10-16-26)21-30(20-28)27-17-11-24(6-3)12-18-27;1-4-18-7-11-21(12-8-18)23-15-20(6-3)16-24(17-23)22-13-9-19(5-2)10-14-22;1-3-17-8-12-19(13-9-17)21-6-5-7-22(16-21)20-14-10-18(4-2)11-15-20;1-4-14-7-9-17(10-8-14)19-12-18-11-15(5-2)16(6-3)13-20(18)23-21(19)22;1-4-14-7-9-17(10-8-14)19-13-18-16(6-3)11-15(5-2)12-20(18)23-21(19)22;11*1-2/h7-21H,4-6H2,1-3H3;7-17H,4-6H2,1-3H3;5-16H,3-4H2,1-2H3;2*7-13H,4-6H2,1-3H3;11*1-2H3. The Morgan fingerprint density at radius 1 is 0.153 bits per heavy atom. The van der Waals surface area contributed by atoms with Crippen LogP contribution in [0.1, 0.15) is 327 Å². The van der Waals surface area contributed by atoms with Gasteiger partial charge in [-0.3, -0.25) is 0 Å². The van der Waals surface area contributed by atoms with E-state index in [2.05, 4.69) is 364 Å². The van der Waals surface area contributed by atoms with Crippen molar-refractivity contribution >= 4 is 21.9 Å². The molecule has 0 radical (unpaired) electrons. The zero-order valence-electron chi connectivity index (χ0n) is 96.6. The average Bonchev–Trinajstić information content (AvgIpc) is 0.773. The Balaban J connectivity index is 0.000000859. The van der Waals surface area contributed by atoms with Crippen LogP contribution in [0.3, 0.4) is 0 Å². The smallest absolute Gasteiger partial charge is 0.344 e. The first-order valence-corrected chi connectivity index (χ1v) is 56.0. The molecule has 0 N–H and O–H groups in total. The highest BCUT2D eigenvalue weighted by Crippen LogP contribution is 2.37. The number of hydrogen-bond acceptors (Lipinski definition) is 4. The maximum Gasteiger partial charge on any atom is 0.344 e. The molecule has 0 atom stereocenters. The molecule has 4 heteroatoms. The van der Waals surface area contributed by atoms with Gasteiger partial charge in [-0.25, -0.2) is 9.59 Å². The van der Waals surface area contributed by atoms with E-state index in [1.54, 1.807) is 0 Å². The average molecular weight is 1940 g/mol. The SMILES string of the molecule is CC.CC.CC.CC.CC.CC.CC.CC.CC.CC.CC.CCc1ccc(-c2cc(-c3ccc(CC)cc3)cc(-c3ccc(CC)cc3)c2)cc1.CCc1ccc(-c2cc(CC)cc(-c3ccc(CC)cc3)c2)cc1.CCc1ccc(-c2cc3c(CC)cc(CC)cc3oc2=O)cc1.CCc1ccc(-c2cc3cc(CC)c(CC)cc3oc2=O)cc1.CCc1ccc(-c2cccc(-c3ccc(CC)cc3)c2)cc1. The summed E-state index contributed by atoms with van der Waals surface area (Å²) >= 11 is 0. The second kappa shape index (κ2) is 76.2. The molecule has 14 aromatic carbocycles. The molecule has 2 heterocycles. The molecular formula is C140H188O4. The predicted octanol–water partition coefficient (Wildman–Crippen LogP) is 42.8. The van der Waals surface area contributed by atoms with E-state index in [-0.39, 0.29) is 11.3 Å². The van der Waals surface area contributed by atoms with Crippen LogP contribution >= 0.6 is 0 Å². The highest BCUT2D eigenvalue weighted by atomic mass is 16.4. The predicted molar refractivity (Wildman–Crippen MR) is 649 cm³/mol. The van der Waals surface area contributed by atoms with Gasteiger partial charge in [0.05, 0.1) is 11.1 Å². The summed E-state index contributed by atoms with van der Waals surface area (Å²) in [5, 5.41) is 2.03. The van der Waals surface area contributed by atoms with Crippen LogP contribution in [0.4, 0.5) is 0 Å². The third-order valence-electron chi connectivity index (χ3n) is 24.0. The van der Waals surface area contributed by atoms with Gasteiger partial charge in [0.15, 0.2) is 0 Å². The van der Waals surface area contributed by atoms with Gasteiger partial charge >= 0.3 is 11.3 Å². The molecule has 0 saturated carbocycles.